The zero-order valence-corrected chi connectivity index (χ0v) is 7.88. The van der Waals surface area contributed by atoms with Gasteiger partial charge in [0.1, 0.15) is 0 Å². The summed E-state index contributed by atoms with van der Waals surface area (Å²) in [4.78, 5) is 0. The first-order valence-electron chi connectivity index (χ1n) is 4.42. The monoisotopic (exact) mass is 158 g/mol. The minimum atomic E-state index is 0.140. The van der Waals surface area contributed by atoms with Crippen molar-refractivity contribution in [2.24, 2.45) is 0 Å². The molecular weight excluding hydrogens is 143 g/mol. The Balaban J connectivity index is 3.03. The van der Waals surface area contributed by atoms with E-state index in [0.29, 0.717) is 0 Å². The second kappa shape index (κ2) is 3.71. The van der Waals surface area contributed by atoms with Crippen LogP contribution < -0.4 is 0 Å². The maximum absolute atomic E-state index is 3.88. The summed E-state index contributed by atoms with van der Waals surface area (Å²) in [6.07, 6.45) is 1.10. The molecule has 12 heavy (non-hydrogen) atoms. The number of hydrogen-bond acceptors (Lipinski definition) is 0. The van der Waals surface area contributed by atoms with Crippen LogP contribution in [0.2, 0.25) is 0 Å². The summed E-state index contributed by atoms with van der Waals surface area (Å²) in [6.45, 7) is 10.3. The summed E-state index contributed by atoms with van der Waals surface area (Å²) in [6, 6.07) is 10.5. The van der Waals surface area contributed by atoms with Crippen LogP contribution in [-0.2, 0) is 5.31 Å². The molecule has 0 bridgehead atoms. The van der Waals surface area contributed by atoms with Gasteiger partial charge in [-0.25, -0.2) is 0 Å². The molecule has 1 aromatic carbocycles. The van der Waals surface area contributed by atoms with Crippen molar-refractivity contribution in [3.8, 4) is 0 Å². The normalized spacial score (nSPS) is 14.8. The van der Waals surface area contributed by atoms with Crippen LogP contribution in [0.5, 0.6) is 0 Å². The second-order valence-electron chi connectivity index (χ2n) is 3.34. The molecule has 1 unspecified atom stereocenters. The van der Waals surface area contributed by atoms with Gasteiger partial charge >= 0.3 is 74.9 Å². The van der Waals surface area contributed by atoms with Crippen LogP contribution in [0.4, 0.5) is 0 Å². The first-order valence-corrected chi connectivity index (χ1v) is 4.42. The van der Waals surface area contributed by atoms with Crippen LogP contribution in [0, 0.1) is 0 Å². The topological polar surface area (TPSA) is 0 Å². The van der Waals surface area contributed by atoms with E-state index in [1.54, 1.807) is 0 Å². The molecule has 0 N–H and O–H groups in total. The predicted octanol–water partition coefficient (Wildman–Crippen LogP) is 2.45. The van der Waals surface area contributed by atoms with Crippen LogP contribution in [0.15, 0.2) is 30.3 Å². The van der Waals surface area contributed by atoms with Crippen molar-refractivity contribution >= 4 is 13.4 Å². The summed E-state index contributed by atoms with van der Waals surface area (Å²) in [7, 11) is 0. The zero-order valence-electron chi connectivity index (χ0n) is 7.88. The van der Waals surface area contributed by atoms with Gasteiger partial charge in [-0.05, 0) is 0 Å². The van der Waals surface area contributed by atoms with E-state index in [0.717, 1.165) is 6.42 Å². The molecule has 0 spiro atoms. The molecule has 1 heteroatoms. The summed E-state index contributed by atoms with van der Waals surface area (Å²) in [5.41, 5.74) is 1.35. The van der Waals surface area contributed by atoms with E-state index in [-0.39, 0.29) is 5.31 Å². The molecule has 0 aliphatic rings. The van der Waals surface area contributed by atoms with Gasteiger partial charge in [0.25, 0.3) is 0 Å². The van der Waals surface area contributed by atoms with E-state index >= 15 is 0 Å². The quantitative estimate of drug-likeness (QED) is 0.592. The Hall–Kier alpha value is -0.845. The molecule has 1 aromatic rings. The Kier molecular flexibility index (Phi) is 2.85. The van der Waals surface area contributed by atoms with Gasteiger partial charge in [-0.1, -0.05) is 0 Å². The van der Waals surface area contributed by atoms with E-state index in [9.17, 15) is 0 Å². The fourth-order valence-corrected chi connectivity index (χ4v) is 1.29. The molecule has 0 saturated heterocycles. The van der Waals surface area contributed by atoms with E-state index in [4.69, 9.17) is 0 Å². The molecule has 0 aliphatic heterocycles. The number of rotatable bonds is 3. The van der Waals surface area contributed by atoms with Gasteiger partial charge in [-0.15, -0.1) is 0 Å². The average molecular weight is 158 g/mol. The van der Waals surface area contributed by atoms with Gasteiger partial charge in [-0.2, -0.15) is 0 Å². The molecule has 0 amide bonds. The Morgan fingerprint density at radius 1 is 1.33 bits per heavy atom. The molecule has 0 aromatic heterocycles. The third kappa shape index (κ3) is 1.66. The van der Waals surface area contributed by atoms with Crippen molar-refractivity contribution in [3.05, 3.63) is 35.9 Å². The van der Waals surface area contributed by atoms with Gasteiger partial charge in [0.2, 0.25) is 0 Å². The van der Waals surface area contributed by atoms with E-state index in [2.05, 4.69) is 44.6 Å². The molecule has 0 heterocycles. The molecule has 0 saturated carbocycles. The zero-order chi connectivity index (χ0) is 9.03. The fraction of sp³-hybridized carbons (Fsp3) is 0.364. The van der Waals surface area contributed by atoms with E-state index in [1.807, 2.05) is 13.0 Å². The van der Waals surface area contributed by atoms with Crippen LogP contribution in [0.1, 0.15) is 25.8 Å². The Morgan fingerprint density at radius 3 is 2.33 bits per heavy atom. The van der Waals surface area contributed by atoms with E-state index < -0.39 is 0 Å². The van der Waals surface area contributed by atoms with Crippen LogP contribution in [0.25, 0.3) is 0 Å². The third-order valence-corrected chi connectivity index (χ3v) is 2.62. The van der Waals surface area contributed by atoms with Crippen molar-refractivity contribution in [2.75, 3.05) is 0 Å². The summed E-state index contributed by atoms with van der Waals surface area (Å²) < 4.78 is 0. The predicted molar refractivity (Wildman–Crippen MR) is 57.0 cm³/mol. The van der Waals surface area contributed by atoms with Crippen LogP contribution >= 0.6 is 0 Å². The fourth-order valence-electron chi connectivity index (χ4n) is 1.29. The molecule has 62 valence electrons. The van der Waals surface area contributed by atoms with Crippen LogP contribution in [0.3, 0.4) is 0 Å². The number of hydrogen-bond donors (Lipinski definition) is 0. The third-order valence-electron chi connectivity index (χ3n) is 2.62. The SMILES string of the molecule is C=BC(C)(CC)c1ccccc1. The first-order chi connectivity index (χ1) is 5.73. The molecule has 1 rings (SSSR count). The first kappa shape index (κ1) is 9.24. The summed E-state index contributed by atoms with van der Waals surface area (Å²) in [5, 5.41) is 0.140. The Bertz CT molecular complexity index is 253. The van der Waals surface area contributed by atoms with Crippen molar-refractivity contribution < 1.29 is 0 Å². The van der Waals surface area contributed by atoms with E-state index in [1.165, 1.54) is 5.56 Å². The Morgan fingerprint density at radius 2 is 1.92 bits per heavy atom. The van der Waals surface area contributed by atoms with Crippen molar-refractivity contribution in [1.29, 1.82) is 0 Å². The van der Waals surface area contributed by atoms with Gasteiger partial charge < -0.3 is 0 Å². The maximum atomic E-state index is 3.88. The molecule has 1 atom stereocenters. The van der Waals surface area contributed by atoms with Crippen molar-refractivity contribution in [1.82, 2.24) is 0 Å². The number of benzene rings is 1. The standard InChI is InChI=1S/C11H15B/c1-4-11(2,12-3)10-8-6-5-7-9-10/h5-9H,3-4H2,1-2H3. The second-order valence-corrected chi connectivity index (χ2v) is 3.34. The van der Waals surface area contributed by atoms with Crippen molar-refractivity contribution in [3.63, 3.8) is 0 Å². The van der Waals surface area contributed by atoms with Crippen LogP contribution in [-0.4, -0.2) is 13.4 Å². The summed E-state index contributed by atoms with van der Waals surface area (Å²) >= 11 is 0. The molecule has 0 nitrogen and oxygen atoms in total. The molecule has 0 fully saturated rings. The Labute approximate surface area is 75.5 Å². The molecule has 0 radical (unpaired) electrons. The van der Waals surface area contributed by atoms with Gasteiger partial charge in [0.15, 0.2) is 0 Å². The average Bonchev–Trinajstić information content (AvgIpc) is 2.18. The van der Waals surface area contributed by atoms with Gasteiger partial charge in [0.05, 0.1) is 0 Å². The minimum absolute atomic E-state index is 0.140. The molecular formula is C11H15B. The van der Waals surface area contributed by atoms with Crippen molar-refractivity contribution in [2.45, 2.75) is 25.6 Å². The summed E-state index contributed by atoms with van der Waals surface area (Å²) in [5.74, 6) is 0. The molecule has 0 aliphatic carbocycles. The van der Waals surface area contributed by atoms with Gasteiger partial charge in [-0.3, -0.25) is 0 Å². The van der Waals surface area contributed by atoms with Gasteiger partial charge in [0, 0.05) is 0 Å².